The highest BCUT2D eigenvalue weighted by molar-refractivity contribution is 5.61. The summed E-state index contributed by atoms with van der Waals surface area (Å²) in [4.78, 5) is 4.92. The minimum absolute atomic E-state index is 0.288. The number of hydrogen-bond acceptors (Lipinski definition) is 4. The first-order valence-electron chi connectivity index (χ1n) is 7.94. The summed E-state index contributed by atoms with van der Waals surface area (Å²) in [6, 6.07) is 7.25. The molecule has 0 bridgehead atoms. The maximum Gasteiger partial charge on any atom is 0.125 e. The summed E-state index contributed by atoms with van der Waals surface area (Å²) in [7, 11) is 3.96. The highest BCUT2D eigenvalue weighted by atomic mass is 16.5. The largest absolute Gasteiger partial charge is 0.496 e. The average Bonchev–Trinajstić information content (AvgIpc) is 2.49. The van der Waals surface area contributed by atoms with E-state index in [0.717, 1.165) is 31.9 Å². The van der Waals surface area contributed by atoms with Gasteiger partial charge in [0.05, 0.1) is 7.11 Å². The van der Waals surface area contributed by atoms with Crippen LogP contribution in [0.15, 0.2) is 18.2 Å². The molecular weight excluding hydrogens is 262 g/mol. The summed E-state index contributed by atoms with van der Waals surface area (Å²) >= 11 is 0. The number of methoxy groups -OCH3 is 1. The molecule has 1 aromatic rings. The molecule has 0 aromatic heterocycles. The summed E-state index contributed by atoms with van der Waals surface area (Å²) in [5.41, 5.74) is 2.58. The van der Waals surface area contributed by atoms with Crippen LogP contribution in [0.25, 0.3) is 0 Å². The Balaban J connectivity index is 2.34. The summed E-state index contributed by atoms with van der Waals surface area (Å²) < 4.78 is 5.62. The number of nitrogens with one attached hydrogen (secondary N) is 1. The third kappa shape index (κ3) is 3.50. The predicted octanol–water partition coefficient (Wildman–Crippen LogP) is 2.51. The standard InChI is InChI=1S/C17H29N3O/c1-6-18-14(3)17-15(8-7-9-16(17)21-5)20-11-10-19(4)13(2)12-20/h7-9,13-14,18H,6,10-12H2,1-5H3. The van der Waals surface area contributed by atoms with E-state index < -0.39 is 0 Å². The molecule has 1 aliphatic heterocycles. The van der Waals surface area contributed by atoms with Crippen molar-refractivity contribution in [1.82, 2.24) is 10.2 Å². The minimum Gasteiger partial charge on any atom is -0.496 e. The summed E-state index contributed by atoms with van der Waals surface area (Å²) in [6.45, 7) is 10.8. The normalized spacial score (nSPS) is 21.4. The SMILES string of the molecule is CCNC(C)c1c(OC)cccc1N1CCN(C)C(C)C1. The Morgan fingerprint density at radius 1 is 1.38 bits per heavy atom. The molecule has 0 amide bonds. The van der Waals surface area contributed by atoms with Crippen LogP contribution < -0.4 is 15.0 Å². The molecule has 1 aromatic carbocycles. The van der Waals surface area contributed by atoms with Gasteiger partial charge in [0.15, 0.2) is 0 Å². The second-order valence-corrected chi connectivity index (χ2v) is 5.95. The van der Waals surface area contributed by atoms with E-state index in [1.807, 2.05) is 0 Å². The van der Waals surface area contributed by atoms with Crippen molar-refractivity contribution in [3.63, 3.8) is 0 Å². The molecule has 0 saturated carbocycles. The zero-order valence-electron chi connectivity index (χ0n) is 14.0. The number of rotatable bonds is 5. The van der Waals surface area contributed by atoms with Crippen molar-refractivity contribution < 1.29 is 4.74 Å². The molecule has 0 aliphatic carbocycles. The fourth-order valence-corrected chi connectivity index (χ4v) is 3.10. The van der Waals surface area contributed by atoms with Crippen molar-refractivity contribution in [1.29, 1.82) is 0 Å². The van der Waals surface area contributed by atoms with Crippen LogP contribution >= 0.6 is 0 Å². The van der Waals surface area contributed by atoms with Crippen LogP contribution in [-0.4, -0.2) is 51.3 Å². The number of nitrogens with zero attached hydrogens (tertiary/aromatic N) is 2. The fraction of sp³-hybridized carbons (Fsp3) is 0.647. The Morgan fingerprint density at radius 2 is 2.14 bits per heavy atom. The van der Waals surface area contributed by atoms with Gasteiger partial charge in [-0.1, -0.05) is 13.0 Å². The van der Waals surface area contributed by atoms with Gasteiger partial charge in [0.1, 0.15) is 5.75 Å². The van der Waals surface area contributed by atoms with E-state index in [9.17, 15) is 0 Å². The third-order valence-electron chi connectivity index (χ3n) is 4.51. The van der Waals surface area contributed by atoms with E-state index in [-0.39, 0.29) is 6.04 Å². The van der Waals surface area contributed by atoms with Gasteiger partial charge in [-0.05, 0) is 39.6 Å². The molecule has 1 fully saturated rings. The van der Waals surface area contributed by atoms with Crippen molar-refractivity contribution in [3.05, 3.63) is 23.8 Å². The number of benzene rings is 1. The lowest BCUT2D eigenvalue weighted by Gasteiger charge is -2.40. The summed E-state index contributed by atoms with van der Waals surface area (Å²) in [5, 5.41) is 3.52. The minimum atomic E-state index is 0.288. The Kier molecular flexibility index (Phi) is 5.48. The molecule has 2 atom stereocenters. The zero-order valence-corrected chi connectivity index (χ0v) is 14.0. The van der Waals surface area contributed by atoms with Crippen molar-refractivity contribution in [2.24, 2.45) is 0 Å². The van der Waals surface area contributed by atoms with Crippen molar-refractivity contribution in [2.45, 2.75) is 32.9 Å². The molecule has 118 valence electrons. The number of anilines is 1. The topological polar surface area (TPSA) is 27.7 Å². The number of hydrogen-bond donors (Lipinski definition) is 1. The van der Waals surface area contributed by atoms with Gasteiger partial charge in [0.25, 0.3) is 0 Å². The zero-order chi connectivity index (χ0) is 15.4. The third-order valence-corrected chi connectivity index (χ3v) is 4.51. The van der Waals surface area contributed by atoms with Crippen LogP contribution in [0.2, 0.25) is 0 Å². The van der Waals surface area contributed by atoms with Crippen LogP contribution in [0, 0.1) is 0 Å². The monoisotopic (exact) mass is 291 g/mol. The Bertz CT molecular complexity index is 463. The number of likely N-dealkylation sites (N-methyl/N-ethyl adjacent to an activating group) is 1. The molecule has 21 heavy (non-hydrogen) atoms. The maximum atomic E-state index is 5.62. The van der Waals surface area contributed by atoms with Crippen LogP contribution in [-0.2, 0) is 0 Å². The molecule has 4 nitrogen and oxygen atoms in total. The predicted molar refractivity (Wildman–Crippen MR) is 89.4 cm³/mol. The molecule has 2 unspecified atom stereocenters. The van der Waals surface area contributed by atoms with Gasteiger partial charge in [-0.15, -0.1) is 0 Å². The van der Waals surface area contributed by atoms with Crippen molar-refractivity contribution in [3.8, 4) is 5.75 Å². The smallest absolute Gasteiger partial charge is 0.125 e. The van der Waals surface area contributed by atoms with E-state index in [2.05, 4.69) is 61.1 Å². The van der Waals surface area contributed by atoms with Crippen LogP contribution in [0.5, 0.6) is 5.75 Å². The average molecular weight is 291 g/mol. The first-order chi connectivity index (χ1) is 10.1. The van der Waals surface area contributed by atoms with Gasteiger partial charge in [-0.25, -0.2) is 0 Å². The Morgan fingerprint density at radius 3 is 2.76 bits per heavy atom. The van der Waals surface area contributed by atoms with E-state index in [4.69, 9.17) is 4.74 Å². The van der Waals surface area contributed by atoms with Crippen LogP contribution in [0.4, 0.5) is 5.69 Å². The molecule has 1 heterocycles. The van der Waals surface area contributed by atoms with Gasteiger partial charge in [-0.3, -0.25) is 0 Å². The van der Waals surface area contributed by atoms with E-state index in [0.29, 0.717) is 6.04 Å². The second-order valence-electron chi connectivity index (χ2n) is 5.95. The molecule has 1 saturated heterocycles. The fourth-order valence-electron chi connectivity index (χ4n) is 3.10. The summed E-state index contributed by atoms with van der Waals surface area (Å²) in [6.07, 6.45) is 0. The Hall–Kier alpha value is -1.26. The summed E-state index contributed by atoms with van der Waals surface area (Å²) in [5.74, 6) is 0.979. The first-order valence-corrected chi connectivity index (χ1v) is 7.94. The lowest BCUT2D eigenvalue weighted by molar-refractivity contribution is 0.233. The van der Waals surface area contributed by atoms with Crippen molar-refractivity contribution >= 4 is 5.69 Å². The highest BCUT2D eigenvalue weighted by Crippen LogP contribution is 2.35. The van der Waals surface area contributed by atoms with Gasteiger partial charge in [0, 0.05) is 43.0 Å². The molecule has 0 spiro atoms. The Labute approximate surface area is 129 Å². The molecule has 4 heteroatoms. The van der Waals surface area contributed by atoms with Gasteiger partial charge in [0.2, 0.25) is 0 Å². The molecular formula is C17H29N3O. The van der Waals surface area contributed by atoms with Gasteiger partial charge >= 0.3 is 0 Å². The number of ether oxygens (including phenoxy) is 1. The quantitative estimate of drug-likeness (QED) is 0.902. The van der Waals surface area contributed by atoms with Gasteiger partial charge < -0.3 is 19.9 Å². The molecule has 1 aliphatic rings. The lowest BCUT2D eigenvalue weighted by Crippen LogP contribution is -2.50. The van der Waals surface area contributed by atoms with Gasteiger partial charge in [-0.2, -0.15) is 0 Å². The first kappa shape index (κ1) is 16.1. The second kappa shape index (κ2) is 7.14. The molecule has 2 rings (SSSR count). The number of piperazine rings is 1. The van der Waals surface area contributed by atoms with Crippen LogP contribution in [0.3, 0.4) is 0 Å². The van der Waals surface area contributed by atoms with E-state index in [1.165, 1.54) is 11.3 Å². The highest BCUT2D eigenvalue weighted by Gasteiger charge is 2.25. The molecule has 0 radical (unpaired) electrons. The molecule has 1 N–H and O–H groups in total. The lowest BCUT2D eigenvalue weighted by atomic mass is 10.0. The van der Waals surface area contributed by atoms with Crippen LogP contribution in [0.1, 0.15) is 32.4 Å². The maximum absolute atomic E-state index is 5.62. The van der Waals surface area contributed by atoms with E-state index in [1.54, 1.807) is 7.11 Å². The van der Waals surface area contributed by atoms with E-state index >= 15 is 0 Å². The van der Waals surface area contributed by atoms with Crippen molar-refractivity contribution in [2.75, 3.05) is 45.2 Å².